The largest absolute Gasteiger partial charge is 0.399 e. The van der Waals surface area contributed by atoms with E-state index in [1.807, 2.05) is 13.0 Å². The molecule has 0 bridgehead atoms. The highest BCUT2D eigenvalue weighted by Gasteiger charge is 2.19. The summed E-state index contributed by atoms with van der Waals surface area (Å²) >= 11 is 0. The predicted molar refractivity (Wildman–Crippen MR) is 61.8 cm³/mol. The van der Waals surface area contributed by atoms with Crippen LogP contribution < -0.4 is 5.73 Å². The van der Waals surface area contributed by atoms with E-state index in [1.165, 1.54) is 5.56 Å². The van der Waals surface area contributed by atoms with Gasteiger partial charge >= 0.3 is 0 Å². The molecule has 1 unspecified atom stereocenters. The number of nitrogens with zero attached hydrogens (tertiary/aromatic N) is 1. The van der Waals surface area contributed by atoms with Crippen LogP contribution in [-0.4, -0.2) is 31.6 Å². The van der Waals surface area contributed by atoms with Gasteiger partial charge in [-0.05, 0) is 31.2 Å². The van der Waals surface area contributed by atoms with Gasteiger partial charge in [0, 0.05) is 18.8 Å². The molecule has 0 radical (unpaired) electrons. The molecular formula is C12H18N2O. The zero-order valence-electron chi connectivity index (χ0n) is 9.36. The molecule has 15 heavy (non-hydrogen) atoms. The maximum absolute atomic E-state index is 5.79. The molecule has 0 amide bonds. The molecule has 3 nitrogen and oxygen atoms in total. The van der Waals surface area contributed by atoms with Crippen molar-refractivity contribution < 1.29 is 4.74 Å². The number of morpholine rings is 1. The number of benzene rings is 1. The first-order valence-corrected chi connectivity index (χ1v) is 5.33. The summed E-state index contributed by atoms with van der Waals surface area (Å²) in [5.41, 5.74) is 9.00. The van der Waals surface area contributed by atoms with Crippen LogP contribution in [0.5, 0.6) is 0 Å². The Morgan fingerprint density at radius 3 is 2.93 bits per heavy atom. The van der Waals surface area contributed by atoms with Gasteiger partial charge in [-0.2, -0.15) is 0 Å². The zero-order valence-corrected chi connectivity index (χ0v) is 9.36. The second kappa shape index (κ2) is 4.21. The van der Waals surface area contributed by atoms with E-state index in [1.54, 1.807) is 0 Å². The number of hydrogen-bond acceptors (Lipinski definition) is 3. The van der Waals surface area contributed by atoms with Crippen LogP contribution in [0.15, 0.2) is 18.2 Å². The first kappa shape index (κ1) is 10.5. The Balaban J connectivity index is 2.18. The van der Waals surface area contributed by atoms with E-state index in [-0.39, 0.29) is 6.10 Å². The molecule has 0 aliphatic carbocycles. The molecule has 0 aromatic heterocycles. The van der Waals surface area contributed by atoms with Gasteiger partial charge < -0.3 is 15.4 Å². The molecule has 0 saturated carbocycles. The van der Waals surface area contributed by atoms with Crippen molar-refractivity contribution in [2.75, 3.05) is 32.5 Å². The highest BCUT2D eigenvalue weighted by molar-refractivity contribution is 5.48. The fourth-order valence-electron chi connectivity index (χ4n) is 1.88. The number of likely N-dealkylation sites (N-methyl/N-ethyl adjacent to an activating group) is 1. The molecule has 82 valence electrons. The minimum Gasteiger partial charge on any atom is -0.399 e. The standard InChI is InChI=1S/C12H18N2O/c1-9-7-10(3-4-11(9)13)12-8-14(2)5-6-15-12/h3-4,7,12H,5-6,8,13H2,1-2H3. The minimum atomic E-state index is 0.197. The molecule has 1 heterocycles. The summed E-state index contributed by atoms with van der Waals surface area (Å²) in [6.45, 7) is 4.82. The number of aryl methyl sites for hydroxylation is 1. The molecule has 1 fully saturated rings. The Hall–Kier alpha value is -1.06. The van der Waals surface area contributed by atoms with E-state index in [9.17, 15) is 0 Å². The summed E-state index contributed by atoms with van der Waals surface area (Å²) in [7, 11) is 2.12. The minimum absolute atomic E-state index is 0.197. The first-order chi connectivity index (χ1) is 7.16. The van der Waals surface area contributed by atoms with E-state index >= 15 is 0 Å². The van der Waals surface area contributed by atoms with Gasteiger partial charge in [0.05, 0.1) is 12.7 Å². The van der Waals surface area contributed by atoms with Crippen LogP contribution in [0.25, 0.3) is 0 Å². The molecule has 1 aromatic rings. The Morgan fingerprint density at radius 1 is 1.47 bits per heavy atom. The lowest BCUT2D eigenvalue weighted by molar-refractivity contribution is -0.0209. The number of ether oxygens (including phenoxy) is 1. The van der Waals surface area contributed by atoms with Gasteiger partial charge in [0.1, 0.15) is 0 Å². The van der Waals surface area contributed by atoms with Crippen LogP contribution in [0.4, 0.5) is 5.69 Å². The topological polar surface area (TPSA) is 38.5 Å². The van der Waals surface area contributed by atoms with Gasteiger partial charge in [0.2, 0.25) is 0 Å². The Kier molecular flexibility index (Phi) is 2.93. The van der Waals surface area contributed by atoms with Gasteiger partial charge in [0.25, 0.3) is 0 Å². The van der Waals surface area contributed by atoms with Gasteiger partial charge in [-0.1, -0.05) is 12.1 Å². The maximum Gasteiger partial charge on any atom is 0.0952 e. The lowest BCUT2D eigenvalue weighted by atomic mass is 10.0. The van der Waals surface area contributed by atoms with Crippen molar-refractivity contribution in [1.82, 2.24) is 4.90 Å². The fourth-order valence-corrected chi connectivity index (χ4v) is 1.88. The molecular weight excluding hydrogens is 188 g/mol. The quantitative estimate of drug-likeness (QED) is 0.709. The molecule has 1 aliphatic heterocycles. The van der Waals surface area contributed by atoms with Crippen LogP contribution in [-0.2, 0) is 4.74 Å². The summed E-state index contributed by atoms with van der Waals surface area (Å²) in [5.74, 6) is 0. The Bertz CT molecular complexity index is 351. The number of rotatable bonds is 1. The van der Waals surface area contributed by atoms with Crippen LogP contribution in [0.2, 0.25) is 0 Å². The van der Waals surface area contributed by atoms with Crippen molar-refractivity contribution in [1.29, 1.82) is 0 Å². The van der Waals surface area contributed by atoms with E-state index in [4.69, 9.17) is 10.5 Å². The van der Waals surface area contributed by atoms with Crippen molar-refractivity contribution in [2.45, 2.75) is 13.0 Å². The number of anilines is 1. The molecule has 2 N–H and O–H groups in total. The van der Waals surface area contributed by atoms with Crippen LogP contribution in [0, 0.1) is 6.92 Å². The second-order valence-corrected chi connectivity index (χ2v) is 4.24. The third-order valence-corrected chi connectivity index (χ3v) is 2.94. The van der Waals surface area contributed by atoms with Crippen molar-refractivity contribution in [3.05, 3.63) is 29.3 Å². The maximum atomic E-state index is 5.79. The normalized spacial score (nSPS) is 22.9. The number of nitrogen functional groups attached to an aromatic ring is 1. The van der Waals surface area contributed by atoms with Gasteiger partial charge in [-0.15, -0.1) is 0 Å². The van der Waals surface area contributed by atoms with Crippen molar-refractivity contribution in [3.63, 3.8) is 0 Å². The number of nitrogens with two attached hydrogens (primary N) is 1. The zero-order chi connectivity index (χ0) is 10.8. The van der Waals surface area contributed by atoms with Gasteiger partial charge in [-0.25, -0.2) is 0 Å². The van der Waals surface area contributed by atoms with Gasteiger partial charge in [0.15, 0.2) is 0 Å². The smallest absolute Gasteiger partial charge is 0.0952 e. The summed E-state index contributed by atoms with van der Waals surface area (Å²) in [6.07, 6.45) is 0.197. The highest BCUT2D eigenvalue weighted by atomic mass is 16.5. The number of hydrogen-bond donors (Lipinski definition) is 1. The van der Waals surface area contributed by atoms with E-state index < -0.39 is 0 Å². The molecule has 1 aliphatic rings. The first-order valence-electron chi connectivity index (χ1n) is 5.33. The third kappa shape index (κ3) is 2.30. The molecule has 0 spiro atoms. The van der Waals surface area contributed by atoms with Crippen molar-refractivity contribution >= 4 is 5.69 Å². The van der Waals surface area contributed by atoms with E-state index in [0.29, 0.717) is 0 Å². The summed E-state index contributed by atoms with van der Waals surface area (Å²) in [6, 6.07) is 6.15. The third-order valence-electron chi connectivity index (χ3n) is 2.94. The molecule has 3 heteroatoms. The molecule has 1 atom stereocenters. The summed E-state index contributed by atoms with van der Waals surface area (Å²) in [4.78, 5) is 2.29. The monoisotopic (exact) mass is 206 g/mol. The molecule has 2 rings (SSSR count). The predicted octanol–water partition coefficient (Wildman–Crippen LogP) is 1.58. The van der Waals surface area contributed by atoms with Crippen LogP contribution >= 0.6 is 0 Å². The average molecular weight is 206 g/mol. The summed E-state index contributed by atoms with van der Waals surface area (Å²) < 4.78 is 5.75. The molecule has 1 saturated heterocycles. The Morgan fingerprint density at radius 2 is 2.27 bits per heavy atom. The lowest BCUT2D eigenvalue weighted by Crippen LogP contribution is -2.35. The lowest BCUT2D eigenvalue weighted by Gasteiger charge is -2.30. The highest BCUT2D eigenvalue weighted by Crippen LogP contribution is 2.24. The van der Waals surface area contributed by atoms with Crippen LogP contribution in [0.1, 0.15) is 17.2 Å². The fraction of sp³-hybridized carbons (Fsp3) is 0.500. The van der Waals surface area contributed by atoms with E-state index in [2.05, 4.69) is 24.1 Å². The van der Waals surface area contributed by atoms with Crippen LogP contribution in [0.3, 0.4) is 0 Å². The van der Waals surface area contributed by atoms with E-state index in [0.717, 1.165) is 30.9 Å². The summed E-state index contributed by atoms with van der Waals surface area (Å²) in [5, 5.41) is 0. The second-order valence-electron chi connectivity index (χ2n) is 4.24. The SMILES string of the molecule is Cc1cc(C2CN(C)CCO2)ccc1N. The Labute approximate surface area is 90.8 Å². The van der Waals surface area contributed by atoms with Gasteiger partial charge in [-0.3, -0.25) is 0 Å². The molecule has 1 aromatic carbocycles. The average Bonchev–Trinajstić information content (AvgIpc) is 2.22. The van der Waals surface area contributed by atoms with Crippen molar-refractivity contribution in [2.24, 2.45) is 0 Å². The van der Waals surface area contributed by atoms with Crippen molar-refractivity contribution in [3.8, 4) is 0 Å².